The number of hydrogen-bond donors (Lipinski definition) is 2. The summed E-state index contributed by atoms with van der Waals surface area (Å²) >= 11 is 1.67. The van der Waals surface area contributed by atoms with E-state index in [2.05, 4.69) is 30.1 Å². The highest BCUT2D eigenvalue weighted by Crippen LogP contribution is 2.47. The maximum atomic E-state index is 11.3. The molecule has 2 aliphatic carbocycles. The number of fused-ring (bicyclic) bond motifs is 3. The topological polar surface area (TPSA) is 84.3 Å². The third-order valence-electron chi connectivity index (χ3n) is 6.49. The number of thiophene rings is 1. The molecule has 27 heavy (non-hydrogen) atoms. The summed E-state index contributed by atoms with van der Waals surface area (Å²) in [5.41, 5.74) is 1.36. The monoisotopic (exact) mass is 387 g/mol. The van der Waals surface area contributed by atoms with Crippen LogP contribution in [0.15, 0.2) is 6.33 Å². The number of aryl methyl sites for hydroxylation is 1. The highest BCUT2D eigenvalue weighted by Gasteiger charge is 2.35. The van der Waals surface area contributed by atoms with Gasteiger partial charge in [0, 0.05) is 10.4 Å². The van der Waals surface area contributed by atoms with Gasteiger partial charge in [0.1, 0.15) is 17.3 Å². The van der Waals surface area contributed by atoms with Crippen LogP contribution in [-0.2, 0) is 11.2 Å². The number of nitrogens with zero attached hydrogens (tertiary/aromatic N) is 2. The minimum absolute atomic E-state index is 0.0444. The minimum atomic E-state index is -0.748. The Morgan fingerprint density at radius 2 is 2.19 bits per heavy atom. The van der Waals surface area contributed by atoms with Gasteiger partial charge in [0.05, 0.1) is 11.8 Å². The molecule has 4 rings (SSSR count). The Morgan fingerprint density at radius 1 is 1.41 bits per heavy atom. The van der Waals surface area contributed by atoms with E-state index in [0.717, 1.165) is 60.7 Å². The van der Waals surface area contributed by atoms with E-state index in [0.29, 0.717) is 5.88 Å². The lowest BCUT2D eigenvalue weighted by Crippen LogP contribution is -2.47. The van der Waals surface area contributed by atoms with Crippen molar-refractivity contribution in [2.45, 2.75) is 75.9 Å². The SMILES string of the molecule is BN[C@]1(CC)CC[C@@H](Oc2ncnc3sc4c(c23)[C@@H](CC(=O)O)CC4)CC1. The quantitative estimate of drug-likeness (QED) is 0.742. The number of carboxylic acids is 1. The summed E-state index contributed by atoms with van der Waals surface area (Å²) in [4.78, 5) is 22.3. The highest BCUT2D eigenvalue weighted by molar-refractivity contribution is 7.19. The first-order valence-electron chi connectivity index (χ1n) is 9.89. The molecule has 2 aliphatic rings. The lowest BCUT2D eigenvalue weighted by atomic mass is 9.77. The van der Waals surface area contributed by atoms with Gasteiger partial charge in [-0.05, 0) is 56.4 Å². The Hall–Kier alpha value is -1.67. The van der Waals surface area contributed by atoms with Crippen LogP contribution in [0.4, 0.5) is 0 Å². The fraction of sp³-hybridized carbons (Fsp3) is 0.632. The van der Waals surface area contributed by atoms with Crippen LogP contribution in [0.2, 0.25) is 0 Å². The van der Waals surface area contributed by atoms with Gasteiger partial charge in [0.2, 0.25) is 5.88 Å². The fourth-order valence-corrected chi connectivity index (χ4v) is 5.98. The van der Waals surface area contributed by atoms with Crippen molar-refractivity contribution in [3.63, 3.8) is 0 Å². The third-order valence-corrected chi connectivity index (χ3v) is 7.66. The molecule has 2 heterocycles. The van der Waals surface area contributed by atoms with Gasteiger partial charge >= 0.3 is 5.97 Å². The molecule has 0 spiro atoms. The van der Waals surface area contributed by atoms with Crippen molar-refractivity contribution >= 4 is 35.5 Å². The summed E-state index contributed by atoms with van der Waals surface area (Å²) < 4.78 is 6.37. The number of aliphatic carboxylic acids is 1. The van der Waals surface area contributed by atoms with Crippen LogP contribution in [0, 0.1) is 0 Å². The maximum absolute atomic E-state index is 11.3. The normalized spacial score (nSPS) is 27.6. The lowest BCUT2D eigenvalue weighted by Gasteiger charge is -2.39. The second kappa shape index (κ2) is 7.39. The molecule has 1 fully saturated rings. The van der Waals surface area contributed by atoms with Crippen LogP contribution >= 0.6 is 11.3 Å². The van der Waals surface area contributed by atoms with Gasteiger partial charge in [-0.1, -0.05) is 6.92 Å². The predicted octanol–water partition coefficient (Wildman–Crippen LogP) is 2.80. The fourth-order valence-electron chi connectivity index (χ4n) is 4.74. The van der Waals surface area contributed by atoms with Crippen molar-refractivity contribution in [2.24, 2.45) is 0 Å². The second-order valence-electron chi connectivity index (χ2n) is 7.83. The average Bonchev–Trinajstić information content (AvgIpc) is 3.22. The van der Waals surface area contributed by atoms with E-state index in [1.807, 2.05) is 0 Å². The van der Waals surface area contributed by atoms with Gasteiger partial charge < -0.3 is 15.1 Å². The summed E-state index contributed by atoms with van der Waals surface area (Å²) in [5, 5.41) is 13.7. The van der Waals surface area contributed by atoms with Crippen molar-refractivity contribution < 1.29 is 14.6 Å². The van der Waals surface area contributed by atoms with E-state index in [-0.39, 0.29) is 24.0 Å². The van der Waals surface area contributed by atoms with Crippen molar-refractivity contribution in [2.75, 3.05) is 0 Å². The Bertz CT molecular complexity index is 842. The first-order valence-corrected chi connectivity index (χ1v) is 10.7. The average molecular weight is 387 g/mol. The Balaban J connectivity index is 1.59. The Kier molecular flexibility index (Phi) is 5.12. The van der Waals surface area contributed by atoms with Gasteiger partial charge in [0.15, 0.2) is 7.98 Å². The maximum Gasteiger partial charge on any atom is 0.303 e. The molecule has 144 valence electrons. The number of rotatable bonds is 6. The molecular formula is C19H26BN3O3S. The van der Waals surface area contributed by atoms with Crippen molar-refractivity contribution in [3.8, 4) is 5.88 Å². The number of carboxylic acid groups (broad SMARTS) is 1. The van der Waals surface area contributed by atoms with Crippen molar-refractivity contribution in [1.29, 1.82) is 0 Å². The minimum Gasteiger partial charge on any atom is -0.481 e. The van der Waals surface area contributed by atoms with Crippen molar-refractivity contribution in [1.82, 2.24) is 15.2 Å². The van der Waals surface area contributed by atoms with Crippen LogP contribution in [0.25, 0.3) is 10.2 Å². The first-order chi connectivity index (χ1) is 13.0. The molecule has 2 aromatic heterocycles. The smallest absolute Gasteiger partial charge is 0.303 e. The second-order valence-corrected chi connectivity index (χ2v) is 8.92. The summed E-state index contributed by atoms with van der Waals surface area (Å²) in [5.74, 6) is -0.0574. The molecule has 0 aliphatic heterocycles. The number of hydrogen-bond acceptors (Lipinski definition) is 6. The van der Waals surface area contributed by atoms with Crippen LogP contribution in [0.5, 0.6) is 5.88 Å². The summed E-state index contributed by atoms with van der Waals surface area (Å²) in [7, 11) is 2.05. The highest BCUT2D eigenvalue weighted by atomic mass is 32.1. The molecule has 0 aromatic carbocycles. The zero-order valence-corrected chi connectivity index (χ0v) is 16.8. The molecule has 1 saturated carbocycles. The molecule has 0 radical (unpaired) electrons. The largest absolute Gasteiger partial charge is 0.481 e. The zero-order chi connectivity index (χ0) is 19.0. The first kappa shape index (κ1) is 18.7. The summed E-state index contributed by atoms with van der Waals surface area (Å²) in [6.45, 7) is 2.24. The molecule has 8 heteroatoms. The number of ether oxygens (including phenoxy) is 1. The number of nitrogens with one attached hydrogen (secondary N) is 1. The summed E-state index contributed by atoms with van der Waals surface area (Å²) in [6.07, 6.45) is 9.05. The Labute approximate surface area is 164 Å². The lowest BCUT2D eigenvalue weighted by molar-refractivity contribution is -0.137. The van der Waals surface area contributed by atoms with E-state index in [1.54, 1.807) is 17.7 Å². The molecule has 0 bridgehead atoms. The zero-order valence-electron chi connectivity index (χ0n) is 16.0. The number of aromatic nitrogens is 2. The van der Waals surface area contributed by atoms with E-state index in [9.17, 15) is 9.90 Å². The number of carbonyl (C=O) groups is 1. The Morgan fingerprint density at radius 3 is 2.85 bits per heavy atom. The standard InChI is InChI=1S/C19H26BN3O3S/c1-2-19(23-20)7-5-12(6-8-19)26-17-16-15-11(9-14(24)25)3-4-13(15)27-18(16)22-10-21-17/h10-12,23H,2-9,20H2,1H3,(H,24,25)/t11-,12-,19-/m1/s1. The molecule has 6 nitrogen and oxygen atoms in total. The van der Waals surface area contributed by atoms with E-state index >= 15 is 0 Å². The van der Waals surface area contributed by atoms with Crippen LogP contribution in [0.3, 0.4) is 0 Å². The molecule has 2 N–H and O–H groups in total. The van der Waals surface area contributed by atoms with E-state index in [4.69, 9.17) is 4.74 Å². The predicted molar refractivity (Wildman–Crippen MR) is 108 cm³/mol. The molecule has 0 amide bonds. The van der Waals surface area contributed by atoms with Gasteiger partial charge in [-0.15, -0.1) is 11.3 Å². The molecular weight excluding hydrogens is 361 g/mol. The van der Waals surface area contributed by atoms with Crippen LogP contribution in [0.1, 0.15) is 68.2 Å². The molecule has 2 aromatic rings. The third kappa shape index (κ3) is 3.45. The summed E-state index contributed by atoms with van der Waals surface area (Å²) in [6, 6.07) is 0. The van der Waals surface area contributed by atoms with Gasteiger partial charge in [-0.2, -0.15) is 0 Å². The molecule has 0 unspecified atom stereocenters. The molecule has 0 saturated heterocycles. The van der Waals surface area contributed by atoms with Crippen molar-refractivity contribution in [3.05, 3.63) is 16.8 Å². The van der Waals surface area contributed by atoms with Gasteiger partial charge in [-0.25, -0.2) is 9.97 Å². The molecule has 1 atom stereocenters. The van der Waals surface area contributed by atoms with Gasteiger partial charge in [0.25, 0.3) is 0 Å². The van der Waals surface area contributed by atoms with Gasteiger partial charge in [-0.3, -0.25) is 4.79 Å². The van der Waals surface area contributed by atoms with Crippen LogP contribution in [-0.4, -0.2) is 40.7 Å². The van der Waals surface area contributed by atoms with E-state index in [1.165, 1.54) is 4.88 Å². The van der Waals surface area contributed by atoms with Crippen LogP contribution < -0.4 is 9.96 Å². The van der Waals surface area contributed by atoms with E-state index < -0.39 is 5.97 Å².